The van der Waals surface area contributed by atoms with Gasteiger partial charge in [0, 0.05) is 22.2 Å². The molecule has 0 aromatic heterocycles. The second-order valence-electron chi connectivity index (χ2n) is 4.90. The number of halogens is 1. The molecule has 0 atom stereocenters. The Morgan fingerprint density at radius 1 is 0.909 bits per heavy atom. The zero-order valence-corrected chi connectivity index (χ0v) is 12.5. The van der Waals surface area contributed by atoms with Crippen molar-refractivity contribution < 1.29 is 4.79 Å². The van der Waals surface area contributed by atoms with E-state index in [1.807, 2.05) is 54.6 Å². The molecule has 0 saturated heterocycles. The Kier molecular flexibility index (Phi) is 4.22. The molecule has 1 N–H and O–H groups in total. The van der Waals surface area contributed by atoms with Crippen LogP contribution in [0.3, 0.4) is 0 Å². The van der Waals surface area contributed by atoms with Crippen LogP contribution in [0.2, 0.25) is 5.02 Å². The molecule has 1 amide bonds. The van der Waals surface area contributed by atoms with E-state index in [-0.39, 0.29) is 5.91 Å². The molecule has 0 bridgehead atoms. The lowest BCUT2D eigenvalue weighted by molar-refractivity contribution is -0.111. The van der Waals surface area contributed by atoms with E-state index >= 15 is 0 Å². The standard InChI is InChI=1S/C19H14ClNO/c20-16-11-8-14(9-12-16)10-13-19(22)21-18-7-3-5-15-4-1-2-6-17(15)18/h1-13H,(H,21,22). The highest BCUT2D eigenvalue weighted by Crippen LogP contribution is 2.22. The Bertz CT molecular complexity index is 832. The van der Waals surface area contributed by atoms with Gasteiger partial charge in [0.1, 0.15) is 0 Å². The number of amides is 1. The monoisotopic (exact) mass is 307 g/mol. The number of anilines is 1. The predicted octanol–water partition coefficient (Wildman–Crippen LogP) is 5.15. The SMILES string of the molecule is O=C(C=Cc1ccc(Cl)cc1)Nc1cccc2ccccc12. The third-order valence-corrected chi connectivity index (χ3v) is 3.60. The number of fused-ring (bicyclic) bond motifs is 1. The lowest BCUT2D eigenvalue weighted by Gasteiger charge is -2.06. The highest BCUT2D eigenvalue weighted by Gasteiger charge is 2.02. The normalized spacial score (nSPS) is 11.0. The molecule has 0 radical (unpaired) electrons. The zero-order chi connectivity index (χ0) is 15.4. The average molecular weight is 308 g/mol. The van der Waals surface area contributed by atoms with E-state index in [1.165, 1.54) is 6.08 Å². The van der Waals surface area contributed by atoms with E-state index in [4.69, 9.17) is 11.6 Å². The first-order valence-corrected chi connectivity index (χ1v) is 7.32. The Morgan fingerprint density at radius 3 is 2.45 bits per heavy atom. The fourth-order valence-corrected chi connectivity index (χ4v) is 2.38. The van der Waals surface area contributed by atoms with Gasteiger partial charge in [0.2, 0.25) is 5.91 Å². The van der Waals surface area contributed by atoms with Crippen LogP contribution in [-0.4, -0.2) is 5.91 Å². The first-order valence-electron chi connectivity index (χ1n) is 6.95. The smallest absolute Gasteiger partial charge is 0.248 e. The van der Waals surface area contributed by atoms with Crippen LogP contribution in [0.25, 0.3) is 16.8 Å². The van der Waals surface area contributed by atoms with E-state index in [0.717, 1.165) is 22.0 Å². The van der Waals surface area contributed by atoms with Crippen LogP contribution in [0.15, 0.2) is 72.8 Å². The van der Waals surface area contributed by atoms with Gasteiger partial charge in [-0.1, -0.05) is 60.1 Å². The molecule has 0 aliphatic carbocycles. The zero-order valence-electron chi connectivity index (χ0n) is 11.8. The van der Waals surface area contributed by atoms with Gasteiger partial charge in [-0.25, -0.2) is 0 Å². The molecule has 0 aliphatic rings. The van der Waals surface area contributed by atoms with Crippen LogP contribution in [0.5, 0.6) is 0 Å². The van der Waals surface area contributed by atoms with Gasteiger partial charge in [-0.15, -0.1) is 0 Å². The van der Waals surface area contributed by atoms with Crippen LogP contribution >= 0.6 is 11.6 Å². The van der Waals surface area contributed by atoms with E-state index in [0.29, 0.717) is 5.02 Å². The summed E-state index contributed by atoms with van der Waals surface area (Å²) in [4.78, 5) is 12.1. The Hall–Kier alpha value is -2.58. The number of hydrogen-bond acceptors (Lipinski definition) is 1. The van der Waals surface area contributed by atoms with Crippen molar-refractivity contribution in [2.24, 2.45) is 0 Å². The first-order chi connectivity index (χ1) is 10.7. The van der Waals surface area contributed by atoms with Crippen molar-refractivity contribution >= 4 is 40.0 Å². The summed E-state index contributed by atoms with van der Waals surface area (Å²) in [6.07, 6.45) is 3.28. The second-order valence-corrected chi connectivity index (χ2v) is 5.34. The minimum Gasteiger partial charge on any atom is -0.322 e. The first kappa shape index (κ1) is 14.4. The summed E-state index contributed by atoms with van der Waals surface area (Å²) in [5, 5.41) is 5.72. The van der Waals surface area contributed by atoms with Crippen molar-refractivity contribution in [3.8, 4) is 0 Å². The van der Waals surface area contributed by atoms with E-state index in [1.54, 1.807) is 18.2 Å². The van der Waals surface area contributed by atoms with Crippen molar-refractivity contribution in [3.05, 3.63) is 83.4 Å². The van der Waals surface area contributed by atoms with Gasteiger partial charge in [0.15, 0.2) is 0 Å². The lowest BCUT2D eigenvalue weighted by atomic mass is 10.1. The van der Waals surface area contributed by atoms with Crippen LogP contribution in [0, 0.1) is 0 Å². The molecule has 2 nitrogen and oxygen atoms in total. The molecule has 0 unspecified atom stereocenters. The minimum atomic E-state index is -0.161. The Balaban J connectivity index is 1.77. The van der Waals surface area contributed by atoms with Crippen LogP contribution in [-0.2, 0) is 4.79 Å². The molecule has 0 fully saturated rings. The van der Waals surface area contributed by atoms with Crippen LogP contribution < -0.4 is 5.32 Å². The fraction of sp³-hybridized carbons (Fsp3) is 0. The average Bonchev–Trinajstić information content (AvgIpc) is 2.55. The molecule has 3 rings (SSSR count). The number of benzene rings is 3. The van der Waals surface area contributed by atoms with Gasteiger partial charge in [-0.2, -0.15) is 0 Å². The van der Waals surface area contributed by atoms with E-state index < -0.39 is 0 Å². The molecular weight excluding hydrogens is 294 g/mol. The highest BCUT2D eigenvalue weighted by atomic mass is 35.5. The molecule has 3 aromatic rings. The number of carbonyl (C=O) groups is 1. The van der Waals surface area contributed by atoms with E-state index in [9.17, 15) is 4.79 Å². The summed E-state index contributed by atoms with van der Waals surface area (Å²) in [5.41, 5.74) is 1.74. The topological polar surface area (TPSA) is 29.1 Å². The summed E-state index contributed by atoms with van der Waals surface area (Å²) in [6, 6.07) is 21.1. The number of hydrogen-bond donors (Lipinski definition) is 1. The summed E-state index contributed by atoms with van der Waals surface area (Å²) < 4.78 is 0. The minimum absolute atomic E-state index is 0.161. The van der Waals surface area contributed by atoms with Gasteiger partial charge in [0.25, 0.3) is 0 Å². The molecule has 0 spiro atoms. The maximum absolute atomic E-state index is 12.1. The summed E-state index contributed by atoms with van der Waals surface area (Å²) in [5.74, 6) is -0.161. The van der Waals surface area contributed by atoms with Gasteiger partial charge < -0.3 is 5.32 Å². The molecule has 3 heteroatoms. The van der Waals surface area contributed by atoms with Gasteiger partial charge >= 0.3 is 0 Å². The molecule has 0 heterocycles. The molecule has 3 aromatic carbocycles. The summed E-state index contributed by atoms with van der Waals surface area (Å²) >= 11 is 5.83. The van der Waals surface area contributed by atoms with Crippen LogP contribution in [0.1, 0.15) is 5.56 Å². The Labute approximate surface area is 134 Å². The maximum atomic E-state index is 12.1. The third kappa shape index (κ3) is 3.35. The van der Waals surface area contributed by atoms with Crippen molar-refractivity contribution in [1.82, 2.24) is 0 Å². The predicted molar refractivity (Wildman–Crippen MR) is 93.1 cm³/mol. The Morgan fingerprint density at radius 2 is 1.64 bits per heavy atom. The molecule has 108 valence electrons. The molecule has 0 aliphatic heterocycles. The lowest BCUT2D eigenvalue weighted by Crippen LogP contribution is -2.07. The van der Waals surface area contributed by atoms with Crippen molar-refractivity contribution in [2.45, 2.75) is 0 Å². The largest absolute Gasteiger partial charge is 0.322 e. The number of carbonyl (C=O) groups excluding carboxylic acids is 1. The van der Waals surface area contributed by atoms with Gasteiger partial charge in [-0.05, 0) is 35.2 Å². The van der Waals surface area contributed by atoms with Gasteiger partial charge in [-0.3, -0.25) is 4.79 Å². The second kappa shape index (κ2) is 6.46. The molecule has 22 heavy (non-hydrogen) atoms. The van der Waals surface area contributed by atoms with Crippen LogP contribution in [0.4, 0.5) is 5.69 Å². The number of nitrogens with one attached hydrogen (secondary N) is 1. The maximum Gasteiger partial charge on any atom is 0.248 e. The van der Waals surface area contributed by atoms with Gasteiger partial charge in [0.05, 0.1) is 0 Å². The van der Waals surface area contributed by atoms with Crippen molar-refractivity contribution in [1.29, 1.82) is 0 Å². The van der Waals surface area contributed by atoms with Crippen molar-refractivity contribution in [3.63, 3.8) is 0 Å². The molecule has 0 saturated carbocycles. The number of rotatable bonds is 3. The quantitative estimate of drug-likeness (QED) is 0.666. The summed E-state index contributed by atoms with van der Waals surface area (Å²) in [6.45, 7) is 0. The van der Waals surface area contributed by atoms with E-state index in [2.05, 4.69) is 5.32 Å². The summed E-state index contributed by atoms with van der Waals surface area (Å²) in [7, 11) is 0. The molecular formula is C19H14ClNO. The van der Waals surface area contributed by atoms with Crippen molar-refractivity contribution in [2.75, 3.05) is 5.32 Å². The third-order valence-electron chi connectivity index (χ3n) is 3.34. The fourth-order valence-electron chi connectivity index (χ4n) is 2.25. The highest BCUT2D eigenvalue weighted by molar-refractivity contribution is 6.30.